The van der Waals surface area contributed by atoms with Gasteiger partial charge in [0.25, 0.3) is 5.91 Å². The van der Waals surface area contributed by atoms with Crippen LogP contribution in [0.15, 0.2) is 60.7 Å². The Bertz CT molecular complexity index is 1070. The summed E-state index contributed by atoms with van der Waals surface area (Å²) in [6.45, 7) is 3.68. The zero-order chi connectivity index (χ0) is 21.0. The molecule has 0 atom stereocenters. The van der Waals surface area contributed by atoms with Crippen LogP contribution in [0.1, 0.15) is 29.8 Å². The number of nitriles is 1. The van der Waals surface area contributed by atoms with Crippen LogP contribution < -0.4 is 9.64 Å². The lowest BCUT2D eigenvalue weighted by molar-refractivity contribution is 0.0978. The molecule has 146 valence electrons. The van der Waals surface area contributed by atoms with Crippen LogP contribution in [0.5, 0.6) is 5.06 Å². The molecule has 0 unspecified atom stereocenters. The summed E-state index contributed by atoms with van der Waals surface area (Å²) in [5.74, 6) is -0.308. The predicted octanol–water partition coefficient (Wildman–Crippen LogP) is 5.40. The zero-order valence-corrected chi connectivity index (χ0v) is 16.6. The molecule has 0 saturated heterocycles. The van der Waals surface area contributed by atoms with E-state index in [1.807, 2.05) is 50.2 Å². The first-order valence-corrected chi connectivity index (χ1v) is 9.66. The fourth-order valence-corrected chi connectivity index (χ4v) is 3.88. The Morgan fingerprint density at radius 1 is 1.10 bits per heavy atom. The zero-order valence-electron chi connectivity index (χ0n) is 15.8. The lowest BCUT2D eigenvalue weighted by Crippen LogP contribution is -2.37. The van der Waals surface area contributed by atoms with Gasteiger partial charge in [-0.25, -0.2) is 4.79 Å². The molecule has 1 aromatic heterocycles. The number of hydrogen-bond donors (Lipinski definition) is 1. The molecule has 1 N–H and O–H groups in total. The molecule has 0 radical (unpaired) electrons. The molecule has 29 heavy (non-hydrogen) atoms. The molecule has 0 saturated carbocycles. The minimum atomic E-state index is -1.44. The highest BCUT2D eigenvalue weighted by Gasteiger charge is 2.27. The second-order valence-electron chi connectivity index (χ2n) is 6.48. The Balaban J connectivity index is 2.07. The van der Waals surface area contributed by atoms with Crippen molar-refractivity contribution in [2.45, 2.75) is 19.9 Å². The first-order chi connectivity index (χ1) is 13.9. The van der Waals surface area contributed by atoms with Gasteiger partial charge in [-0.2, -0.15) is 5.26 Å². The van der Waals surface area contributed by atoms with Gasteiger partial charge in [0.1, 0.15) is 0 Å². The molecule has 7 heteroatoms. The number of carbonyl (C=O) groups excluding carboxylic acids is 1. The summed E-state index contributed by atoms with van der Waals surface area (Å²) in [6.07, 6.45) is -1.44. The fraction of sp³-hybridized carbons (Fsp3) is 0.136. The van der Waals surface area contributed by atoms with Crippen LogP contribution in [0.2, 0.25) is 0 Å². The van der Waals surface area contributed by atoms with Crippen LogP contribution in [-0.2, 0) is 0 Å². The standard InChI is InChI=1S/C22H18N2O4S/c1-14(2)24(20(25)17-10-8-15(13-23)9-11-17)18-12-19(16-6-4-3-5-7-16)29-21(18)28-22(26)27/h3-12,14H,1-2H3,(H,26,27). The SMILES string of the molecule is CC(C)N(C(=O)c1ccc(C#N)cc1)c1cc(-c2ccccc2)sc1OC(=O)O. The molecule has 1 heterocycles. The number of ether oxygens (including phenoxy) is 1. The largest absolute Gasteiger partial charge is 0.512 e. The van der Waals surface area contributed by atoms with Crippen molar-refractivity contribution in [3.8, 4) is 21.6 Å². The molecule has 3 rings (SSSR count). The summed E-state index contributed by atoms with van der Waals surface area (Å²) < 4.78 is 5.00. The summed E-state index contributed by atoms with van der Waals surface area (Å²) in [5, 5.41) is 18.2. The monoisotopic (exact) mass is 406 g/mol. The first-order valence-electron chi connectivity index (χ1n) is 8.84. The van der Waals surface area contributed by atoms with Crippen LogP contribution in [0.3, 0.4) is 0 Å². The number of nitrogens with zero attached hydrogens (tertiary/aromatic N) is 2. The summed E-state index contributed by atoms with van der Waals surface area (Å²) in [5.41, 5.74) is 2.13. The Morgan fingerprint density at radius 3 is 2.31 bits per heavy atom. The number of rotatable bonds is 5. The van der Waals surface area contributed by atoms with E-state index in [-0.39, 0.29) is 17.0 Å². The van der Waals surface area contributed by atoms with Crippen molar-refractivity contribution < 1.29 is 19.4 Å². The maximum atomic E-state index is 13.2. The molecule has 2 aromatic carbocycles. The molecular formula is C22H18N2O4S. The normalized spacial score (nSPS) is 10.4. The van der Waals surface area contributed by atoms with Crippen LogP contribution in [0.25, 0.3) is 10.4 Å². The van der Waals surface area contributed by atoms with E-state index in [4.69, 9.17) is 15.1 Å². The number of hydrogen-bond acceptors (Lipinski definition) is 5. The van der Waals surface area contributed by atoms with E-state index in [0.29, 0.717) is 16.8 Å². The number of carbonyl (C=O) groups is 2. The number of amides is 1. The smallest absolute Gasteiger partial charge is 0.449 e. The molecule has 0 spiro atoms. The van der Waals surface area contributed by atoms with Crippen molar-refractivity contribution in [1.82, 2.24) is 0 Å². The lowest BCUT2D eigenvalue weighted by atomic mass is 10.1. The van der Waals surface area contributed by atoms with Crippen molar-refractivity contribution in [3.63, 3.8) is 0 Å². The van der Waals surface area contributed by atoms with Crippen LogP contribution >= 0.6 is 11.3 Å². The fourth-order valence-electron chi connectivity index (χ4n) is 2.88. The quantitative estimate of drug-likeness (QED) is 0.573. The molecule has 6 nitrogen and oxygen atoms in total. The van der Waals surface area contributed by atoms with Crippen molar-refractivity contribution >= 4 is 29.1 Å². The van der Waals surface area contributed by atoms with Gasteiger partial charge in [-0.05, 0) is 49.7 Å². The number of benzene rings is 2. The van der Waals surface area contributed by atoms with Gasteiger partial charge in [0, 0.05) is 16.5 Å². The van der Waals surface area contributed by atoms with E-state index < -0.39 is 6.16 Å². The van der Waals surface area contributed by atoms with E-state index in [1.165, 1.54) is 16.2 Å². The van der Waals surface area contributed by atoms with Crippen molar-refractivity contribution in [3.05, 3.63) is 71.8 Å². The minimum absolute atomic E-state index is 0.132. The lowest BCUT2D eigenvalue weighted by Gasteiger charge is -2.26. The number of thiophene rings is 1. The third-order valence-electron chi connectivity index (χ3n) is 4.17. The van der Waals surface area contributed by atoms with E-state index in [1.54, 1.807) is 30.3 Å². The summed E-state index contributed by atoms with van der Waals surface area (Å²) in [7, 11) is 0. The van der Waals surface area contributed by atoms with Gasteiger partial charge in [0.05, 0.1) is 17.3 Å². The highest BCUT2D eigenvalue weighted by Crippen LogP contribution is 2.44. The molecule has 1 amide bonds. The van der Waals surface area contributed by atoms with Crippen molar-refractivity contribution in [1.29, 1.82) is 5.26 Å². The topological polar surface area (TPSA) is 90.6 Å². The minimum Gasteiger partial charge on any atom is -0.449 e. The maximum absolute atomic E-state index is 13.2. The summed E-state index contributed by atoms with van der Waals surface area (Å²) in [4.78, 5) is 26.7. The van der Waals surface area contributed by atoms with Crippen molar-refractivity contribution in [2.75, 3.05) is 4.90 Å². The highest BCUT2D eigenvalue weighted by atomic mass is 32.1. The van der Waals surface area contributed by atoms with Crippen LogP contribution in [0, 0.1) is 11.3 Å². The molecule has 0 aliphatic rings. The van der Waals surface area contributed by atoms with Gasteiger partial charge in [-0.1, -0.05) is 41.7 Å². The van der Waals surface area contributed by atoms with Gasteiger partial charge in [0.2, 0.25) is 5.06 Å². The Hall–Kier alpha value is -3.63. The Kier molecular flexibility index (Phi) is 5.96. The van der Waals surface area contributed by atoms with Crippen LogP contribution in [0.4, 0.5) is 10.5 Å². The van der Waals surface area contributed by atoms with Crippen molar-refractivity contribution in [2.24, 2.45) is 0 Å². The van der Waals surface area contributed by atoms with E-state index in [0.717, 1.165) is 10.4 Å². The van der Waals surface area contributed by atoms with Gasteiger partial charge in [0.15, 0.2) is 0 Å². The highest BCUT2D eigenvalue weighted by molar-refractivity contribution is 7.18. The number of anilines is 1. The third-order valence-corrected chi connectivity index (χ3v) is 5.22. The molecule has 0 fully saturated rings. The van der Waals surface area contributed by atoms with Gasteiger partial charge < -0.3 is 14.7 Å². The molecule has 0 bridgehead atoms. The summed E-state index contributed by atoms with van der Waals surface area (Å²) >= 11 is 1.17. The van der Waals surface area contributed by atoms with E-state index in [2.05, 4.69) is 0 Å². The van der Waals surface area contributed by atoms with E-state index >= 15 is 0 Å². The number of carboxylic acid groups (broad SMARTS) is 1. The average molecular weight is 406 g/mol. The summed E-state index contributed by atoms with van der Waals surface area (Å²) in [6, 6.07) is 19.3. The molecule has 3 aromatic rings. The maximum Gasteiger partial charge on any atom is 0.512 e. The third kappa shape index (κ3) is 4.45. The average Bonchev–Trinajstić information content (AvgIpc) is 3.11. The van der Waals surface area contributed by atoms with Gasteiger partial charge in [-0.3, -0.25) is 4.79 Å². The second-order valence-corrected chi connectivity index (χ2v) is 7.49. The Morgan fingerprint density at radius 2 is 1.76 bits per heavy atom. The molecule has 0 aliphatic carbocycles. The van der Waals surface area contributed by atoms with E-state index in [9.17, 15) is 9.59 Å². The van der Waals surface area contributed by atoms with Gasteiger partial charge >= 0.3 is 6.16 Å². The first kappa shape index (κ1) is 20.1. The second kappa shape index (κ2) is 8.59. The Labute approximate surface area is 172 Å². The van der Waals surface area contributed by atoms with Gasteiger partial charge in [-0.15, -0.1) is 0 Å². The molecular weight excluding hydrogens is 388 g/mol. The predicted molar refractivity (Wildman–Crippen MR) is 112 cm³/mol. The van der Waals surface area contributed by atoms with Crippen LogP contribution in [-0.4, -0.2) is 23.2 Å². The molecule has 0 aliphatic heterocycles.